The van der Waals surface area contributed by atoms with E-state index in [-0.39, 0.29) is 6.04 Å². The first-order chi connectivity index (χ1) is 14.7. The molecular formula is C23H30N6O. The Morgan fingerprint density at radius 1 is 1.20 bits per heavy atom. The number of carbonyl (C=O) groups is 1. The van der Waals surface area contributed by atoms with Gasteiger partial charge in [-0.05, 0) is 80.7 Å². The normalized spacial score (nSPS) is 21.6. The third-order valence-electron chi connectivity index (χ3n) is 6.65. The van der Waals surface area contributed by atoms with Crippen LogP contribution in [-0.2, 0) is 11.2 Å². The fraction of sp³-hybridized carbons (Fsp3) is 0.522. The highest BCUT2D eigenvalue weighted by molar-refractivity contribution is 5.71. The Morgan fingerprint density at radius 3 is 2.77 bits per heavy atom. The number of nitrogens with two attached hydrogens (primary N) is 1. The molecule has 7 heteroatoms. The van der Waals surface area contributed by atoms with Crippen molar-refractivity contribution in [1.29, 1.82) is 0 Å². The molecule has 0 bridgehead atoms. The number of rotatable bonds is 6. The quantitative estimate of drug-likeness (QED) is 0.634. The van der Waals surface area contributed by atoms with E-state index in [9.17, 15) is 4.79 Å². The van der Waals surface area contributed by atoms with Crippen LogP contribution >= 0.6 is 0 Å². The molecule has 0 radical (unpaired) electrons. The van der Waals surface area contributed by atoms with Crippen molar-refractivity contribution in [2.24, 2.45) is 11.7 Å². The van der Waals surface area contributed by atoms with E-state index in [0.29, 0.717) is 17.8 Å². The number of aldehydes is 1. The van der Waals surface area contributed by atoms with Crippen LogP contribution in [0.3, 0.4) is 0 Å². The molecule has 1 aromatic carbocycles. The Bertz CT molecular complexity index is 920. The smallest absolute Gasteiger partial charge is 0.229 e. The van der Waals surface area contributed by atoms with Gasteiger partial charge in [0.25, 0.3) is 0 Å². The van der Waals surface area contributed by atoms with Gasteiger partial charge in [0.2, 0.25) is 5.95 Å². The Morgan fingerprint density at radius 2 is 2.03 bits per heavy atom. The molecule has 0 spiro atoms. The highest BCUT2D eigenvalue weighted by atomic mass is 16.1. The van der Waals surface area contributed by atoms with Crippen LogP contribution in [0.2, 0.25) is 0 Å². The summed E-state index contributed by atoms with van der Waals surface area (Å²) in [7, 11) is 0. The van der Waals surface area contributed by atoms with E-state index in [4.69, 9.17) is 10.7 Å². The number of benzene rings is 1. The molecule has 1 aliphatic carbocycles. The molecule has 2 fully saturated rings. The second-order valence-electron chi connectivity index (χ2n) is 8.84. The van der Waals surface area contributed by atoms with Gasteiger partial charge >= 0.3 is 0 Å². The molecule has 1 aromatic heterocycles. The minimum Gasteiger partial charge on any atom is -0.375 e. The van der Waals surface area contributed by atoms with E-state index in [2.05, 4.69) is 26.6 Å². The van der Waals surface area contributed by atoms with Gasteiger partial charge in [-0.15, -0.1) is 0 Å². The Balaban J connectivity index is 1.36. The SMILES string of the molecule is NCC1CCN(c2nc(Nc3ccc4c(c3)CCC(C=O)N4)ncc2C2CC2)CC1. The van der Waals surface area contributed by atoms with Gasteiger partial charge in [-0.2, -0.15) is 4.98 Å². The van der Waals surface area contributed by atoms with E-state index in [1.54, 1.807) is 0 Å². The van der Waals surface area contributed by atoms with E-state index in [1.165, 1.54) is 24.0 Å². The number of hydrogen-bond donors (Lipinski definition) is 3. The molecule has 2 aliphatic heterocycles. The number of aryl methyl sites for hydroxylation is 1. The van der Waals surface area contributed by atoms with Crippen LogP contribution < -0.4 is 21.3 Å². The first-order valence-corrected chi connectivity index (χ1v) is 11.2. The predicted molar refractivity (Wildman–Crippen MR) is 120 cm³/mol. The lowest BCUT2D eigenvalue weighted by atomic mass is 9.97. The summed E-state index contributed by atoms with van der Waals surface area (Å²) in [6.45, 7) is 2.81. The van der Waals surface area contributed by atoms with Crippen LogP contribution in [0.1, 0.15) is 49.1 Å². The first kappa shape index (κ1) is 19.3. The summed E-state index contributed by atoms with van der Waals surface area (Å²) in [5, 5.41) is 6.68. The van der Waals surface area contributed by atoms with Crippen molar-refractivity contribution in [2.75, 3.05) is 35.2 Å². The monoisotopic (exact) mass is 406 g/mol. The van der Waals surface area contributed by atoms with Gasteiger partial charge in [0, 0.05) is 36.2 Å². The zero-order valence-corrected chi connectivity index (χ0v) is 17.3. The van der Waals surface area contributed by atoms with Gasteiger partial charge in [-0.1, -0.05) is 0 Å². The highest BCUT2D eigenvalue weighted by Crippen LogP contribution is 2.44. The topological polar surface area (TPSA) is 96.2 Å². The summed E-state index contributed by atoms with van der Waals surface area (Å²) in [6, 6.07) is 6.10. The van der Waals surface area contributed by atoms with Crippen molar-refractivity contribution in [3.8, 4) is 0 Å². The number of aromatic nitrogens is 2. The molecule has 4 N–H and O–H groups in total. The lowest BCUT2D eigenvalue weighted by molar-refractivity contribution is -0.108. The molecule has 0 amide bonds. The molecule has 3 heterocycles. The maximum atomic E-state index is 11.1. The lowest BCUT2D eigenvalue weighted by Gasteiger charge is -2.33. The van der Waals surface area contributed by atoms with Gasteiger partial charge in [-0.25, -0.2) is 4.98 Å². The number of piperidine rings is 1. The Hall–Kier alpha value is -2.67. The van der Waals surface area contributed by atoms with Crippen LogP contribution in [0.25, 0.3) is 0 Å². The summed E-state index contributed by atoms with van der Waals surface area (Å²) in [6.07, 6.45) is 9.47. The number of nitrogens with one attached hydrogen (secondary N) is 2. The van der Waals surface area contributed by atoms with Gasteiger partial charge in [-0.3, -0.25) is 0 Å². The average Bonchev–Trinajstić information content (AvgIpc) is 3.64. The molecule has 1 unspecified atom stereocenters. The first-order valence-electron chi connectivity index (χ1n) is 11.2. The molecule has 1 saturated heterocycles. The standard InChI is InChI=1S/C23H30N6O/c24-12-15-7-9-29(10-8-15)22-20(16-1-2-16)13-25-23(28-22)27-18-5-6-21-17(11-18)3-4-19(14-30)26-21/h5-6,11,13-16,19,26H,1-4,7-10,12,24H2,(H,25,27,28). The zero-order chi connectivity index (χ0) is 20.5. The van der Waals surface area contributed by atoms with Crippen LogP contribution in [0, 0.1) is 5.92 Å². The maximum Gasteiger partial charge on any atom is 0.229 e. The van der Waals surface area contributed by atoms with Gasteiger partial charge in [0.15, 0.2) is 0 Å². The molecule has 158 valence electrons. The number of fused-ring (bicyclic) bond motifs is 1. The second-order valence-corrected chi connectivity index (χ2v) is 8.84. The summed E-state index contributed by atoms with van der Waals surface area (Å²) >= 11 is 0. The largest absolute Gasteiger partial charge is 0.375 e. The molecule has 3 aliphatic rings. The van der Waals surface area contributed by atoms with Gasteiger partial charge < -0.3 is 26.1 Å². The van der Waals surface area contributed by atoms with Crippen LogP contribution in [-0.4, -0.2) is 41.9 Å². The zero-order valence-electron chi connectivity index (χ0n) is 17.3. The summed E-state index contributed by atoms with van der Waals surface area (Å²) in [5.74, 6) is 2.98. The van der Waals surface area contributed by atoms with E-state index in [1.807, 2.05) is 18.3 Å². The van der Waals surface area contributed by atoms with Crippen molar-refractivity contribution in [2.45, 2.75) is 50.5 Å². The molecular weight excluding hydrogens is 376 g/mol. The molecule has 30 heavy (non-hydrogen) atoms. The van der Waals surface area contributed by atoms with Crippen LogP contribution in [0.15, 0.2) is 24.4 Å². The molecule has 5 rings (SSSR count). The van der Waals surface area contributed by atoms with Crippen molar-refractivity contribution < 1.29 is 4.79 Å². The lowest BCUT2D eigenvalue weighted by Crippen LogP contribution is -2.37. The molecule has 1 saturated carbocycles. The van der Waals surface area contributed by atoms with Gasteiger partial charge in [0.1, 0.15) is 12.1 Å². The van der Waals surface area contributed by atoms with Crippen molar-refractivity contribution in [1.82, 2.24) is 9.97 Å². The maximum absolute atomic E-state index is 11.1. The second kappa shape index (κ2) is 8.22. The number of nitrogens with zero attached hydrogens (tertiary/aromatic N) is 3. The molecule has 1 atom stereocenters. The van der Waals surface area contributed by atoms with E-state index in [0.717, 1.165) is 68.8 Å². The highest BCUT2D eigenvalue weighted by Gasteiger charge is 2.31. The predicted octanol–water partition coefficient (Wildman–Crippen LogP) is 3.20. The summed E-state index contributed by atoms with van der Waals surface area (Å²) in [5.41, 5.74) is 10.4. The van der Waals surface area contributed by atoms with E-state index >= 15 is 0 Å². The van der Waals surface area contributed by atoms with E-state index < -0.39 is 0 Å². The third kappa shape index (κ3) is 3.99. The molecule has 7 nitrogen and oxygen atoms in total. The van der Waals surface area contributed by atoms with Gasteiger partial charge in [0.05, 0.1) is 6.04 Å². The van der Waals surface area contributed by atoms with Crippen LogP contribution in [0.4, 0.5) is 23.1 Å². The number of hydrogen-bond acceptors (Lipinski definition) is 7. The molecule has 2 aromatic rings. The van der Waals surface area contributed by atoms with Crippen molar-refractivity contribution in [3.63, 3.8) is 0 Å². The fourth-order valence-electron chi connectivity index (χ4n) is 4.59. The number of anilines is 4. The fourth-order valence-corrected chi connectivity index (χ4v) is 4.59. The Labute approximate surface area is 177 Å². The van der Waals surface area contributed by atoms with Crippen molar-refractivity contribution >= 4 is 29.4 Å². The average molecular weight is 407 g/mol. The van der Waals surface area contributed by atoms with Crippen LogP contribution in [0.5, 0.6) is 0 Å². The summed E-state index contributed by atoms with van der Waals surface area (Å²) in [4.78, 5) is 23.1. The minimum absolute atomic E-state index is 0.0828. The van der Waals surface area contributed by atoms with Crippen molar-refractivity contribution in [3.05, 3.63) is 35.5 Å². The Kier molecular flexibility index (Phi) is 5.29. The summed E-state index contributed by atoms with van der Waals surface area (Å²) < 4.78 is 0. The third-order valence-corrected chi connectivity index (χ3v) is 6.65. The number of carbonyl (C=O) groups excluding carboxylic acids is 1. The minimum atomic E-state index is -0.0828.